The highest BCUT2D eigenvalue weighted by atomic mass is 19.1. The van der Waals surface area contributed by atoms with E-state index in [0.29, 0.717) is 18.4 Å². The van der Waals surface area contributed by atoms with Crippen LogP contribution in [0, 0.1) is 11.6 Å². The third-order valence-corrected chi connectivity index (χ3v) is 4.09. The molecule has 1 fully saturated rings. The van der Waals surface area contributed by atoms with Crippen molar-refractivity contribution in [2.45, 2.75) is 38.3 Å². The summed E-state index contributed by atoms with van der Waals surface area (Å²) in [6.45, 7) is 4.99. The Morgan fingerprint density at radius 2 is 1.92 bits per heavy atom. The van der Waals surface area contributed by atoms with Gasteiger partial charge in [-0.15, -0.1) is 6.58 Å². The first-order valence-electron chi connectivity index (χ1n) is 7.63. The molecule has 2 rings (SSSR count). The molecule has 1 aliphatic heterocycles. The van der Waals surface area contributed by atoms with Gasteiger partial charge in [-0.3, -0.25) is 4.79 Å². The molecule has 1 amide bonds. The second kappa shape index (κ2) is 7.38. The maximum absolute atomic E-state index is 13.5. The smallest absolute Gasteiger partial charge is 0.331 e. The molecule has 2 atom stereocenters. The average molecular weight is 335 g/mol. The Hall–Kier alpha value is -2.50. The number of benzene rings is 1. The van der Waals surface area contributed by atoms with Crippen molar-refractivity contribution in [3.05, 3.63) is 59.7 Å². The molecule has 1 aliphatic rings. The van der Waals surface area contributed by atoms with Crippen molar-refractivity contribution >= 4 is 11.9 Å². The minimum Gasteiger partial charge on any atom is -0.478 e. The van der Waals surface area contributed by atoms with Gasteiger partial charge in [-0.1, -0.05) is 12.2 Å². The number of hydrogen-bond donors (Lipinski definition) is 1. The zero-order chi connectivity index (χ0) is 17.9. The molecule has 0 aromatic heterocycles. The summed E-state index contributed by atoms with van der Waals surface area (Å²) in [7, 11) is 0. The molecule has 1 saturated heterocycles. The summed E-state index contributed by atoms with van der Waals surface area (Å²) in [5, 5.41) is 9.04. The third-order valence-electron chi connectivity index (χ3n) is 4.09. The number of rotatable bonds is 5. The SMILES string of the molecule is C=CCC(=O)N1[C@@H](/C=C(\C)C(=O)O)CC[C@H]1c1cc(F)cc(F)c1. The van der Waals surface area contributed by atoms with Crippen LogP contribution in [0.2, 0.25) is 0 Å². The predicted molar refractivity (Wildman–Crippen MR) is 85.2 cm³/mol. The molecule has 0 bridgehead atoms. The lowest BCUT2D eigenvalue weighted by Gasteiger charge is -2.29. The highest BCUT2D eigenvalue weighted by Crippen LogP contribution is 2.38. The maximum Gasteiger partial charge on any atom is 0.331 e. The van der Waals surface area contributed by atoms with Crippen LogP contribution in [-0.2, 0) is 9.59 Å². The van der Waals surface area contributed by atoms with Gasteiger partial charge in [0, 0.05) is 18.1 Å². The van der Waals surface area contributed by atoms with E-state index in [1.165, 1.54) is 36.1 Å². The number of carboxylic acids is 1. The molecule has 0 aliphatic carbocycles. The van der Waals surface area contributed by atoms with Gasteiger partial charge in [-0.05, 0) is 37.5 Å². The number of amides is 1. The van der Waals surface area contributed by atoms with Crippen molar-refractivity contribution in [3.8, 4) is 0 Å². The Labute approximate surface area is 139 Å². The summed E-state index contributed by atoms with van der Waals surface area (Å²) >= 11 is 0. The lowest BCUT2D eigenvalue weighted by Crippen LogP contribution is -2.36. The van der Waals surface area contributed by atoms with Gasteiger partial charge in [-0.2, -0.15) is 0 Å². The van der Waals surface area contributed by atoms with Crippen LogP contribution >= 0.6 is 0 Å². The van der Waals surface area contributed by atoms with Crippen molar-refractivity contribution in [2.75, 3.05) is 0 Å². The fourth-order valence-corrected chi connectivity index (χ4v) is 3.04. The zero-order valence-electron chi connectivity index (χ0n) is 13.3. The maximum atomic E-state index is 13.5. The van der Waals surface area contributed by atoms with Crippen molar-refractivity contribution in [3.63, 3.8) is 0 Å². The van der Waals surface area contributed by atoms with Crippen LogP contribution in [0.5, 0.6) is 0 Å². The summed E-state index contributed by atoms with van der Waals surface area (Å²) in [5.41, 5.74) is 0.497. The van der Waals surface area contributed by atoms with Crippen molar-refractivity contribution in [1.29, 1.82) is 0 Å². The quantitative estimate of drug-likeness (QED) is 0.661. The van der Waals surface area contributed by atoms with Crippen molar-refractivity contribution in [2.24, 2.45) is 0 Å². The first kappa shape index (κ1) is 17.8. The molecule has 4 nitrogen and oxygen atoms in total. The fraction of sp³-hybridized carbons (Fsp3) is 0.333. The number of hydrogen-bond acceptors (Lipinski definition) is 2. The van der Waals surface area contributed by atoms with Crippen LogP contribution in [0.25, 0.3) is 0 Å². The van der Waals surface area contributed by atoms with Crippen LogP contribution in [0.3, 0.4) is 0 Å². The first-order valence-corrected chi connectivity index (χ1v) is 7.63. The third kappa shape index (κ3) is 3.88. The average Bonchev–Trinajstić information content (AvgIpc) is 2.90. The van der Waals surface area contributed by atoms with Crippen molar-refractivity contribution < 1.29 is 23.5 Å². The molecule has 1 N–H and O–H groups in total. The molecule has 0 unspecified atom stereocenters. The van der Waals surface area contributed by atoms with Crippen LogP contribution in [0.4, 0.5) is 8.78 Å². The Morgan fingerprint density at radius 3 is 2.46 bits per heavy atom. The number of nitrogens with zero attached hydrogens (tertiary/aromatic N) is 1. The van der Waals surface area contributed by atoms with Gasteiger partial charge < -0.3 is 10.0 Å². The summed E-state index contributed by atoms with van der Waals surface area (Å²) in [6.07, 6.45) is 4.06. The number of carboxylic acid groups (broad SMARTS) is 1. The second-order valence-corrected chi connectivity index (χ2v) is 5.81. The van der Waals surface area contributed by atoms with Gasteiger partial charge in [0.25, 0.3) is 0 Å². The Kier molecular flexibility index (Phi) is 5.49. The molecular weight excluding hydrogens is 316 g/mol. The van der Waals surface area contributed by atoms with Crippen molar-refractivity contribution in [1.82, 2.24) is 4.90 Å². The lowest BCUT2D eigenvalue weighted by atomic mass is 10.0. The number of aliphatic carboxylic acids is 1. The highest BCUT2D eigenvalue weighted by molar-refractivity contribution is 5.86. The largest absolute Gasteiger partial charge is 0.478 e. The minimum atomic E-state index is -1.06. The molecule has 0 spiro atoms. The predicted octanol–water partition coefficient (Wildman–Crippen LogP) is 3.60. The van der Waals surface area contributed by atoms with Gasteiger partial charge in [0.2, 0.25) is 5.91 Å². The number of carbonyl (C=O) groups excluding carboxylic acids is 1. The molecular formula is C18H19F2NO3. The first-order chi connectivity index (χ1) is 11.3. The van der Waals surface area contributed by atoms with Gasteiger partial charge in [0.1, 0.15) is 11.6 Å². The highest BCUT2D eigenvalue weighted by Gasteiger charge is 2.36. The summed E-state index contributed by atoms with van der Waals surface area (Å²) < 4.78 is 27.0. The molecule has 0 radical (unpaired) electrons. The topological polar surface area (TPSA) is 57.6 Å². The molecule has 24 heavy (non-hydrogen) atoms. The molecule has 128 valence electrons. The lowest BCUT2D eigenvalue weighted by molar-refractivity contribution is -0.134. The monoisotopic (exact) mass is 335 g/mol. The summed E-state index contributed by atoms with van der Waals surface area (Å²) in [6, 6.07) is 2.27. The van der Waals surface area contributed by atoms with E-state index in [1.54, 1.807) is 0 Å². The van der Waals surface area contributed by atoms with E-state index in [4.69, 9.17) is 5.11 Å². The van der Waals surface area contributed by atoms with Crippen LogP contribution in [0.1, 0.15) is 37.8 Å². The van der Waals surface area contributed by atoms with Gasteiger partial charge in [0.15, 0.2) is 0 Å². The van der Waals surface area contributed by atoms with E-state index in [9.17, 15) is 18.4 Å². The number of likely N-dealkylation sites (tertiary alicyclic amines) is 1. The molecule has 1 aromatic rings. The van der Waals surface area contributed by atoms with Gasteiger partial charge in [0.05, 0.1) is 12.1 Å². The molecule has 1 aromatic carbocycles. The molecule has 6 heteroatoms. The Morgan fingerprint density at radius 1 is 1.29 bits per heavy atom. The Balaban J connectivity index is 2.40. The number of halogens is 2. The van der Waals surface area contributed by atoms with Crippen LogP contribution in [0.15, 0.2) is 42.5 Å². The van der Waals surface area contributed by atoms with E-state index in [1.807, 2.05) is 0 Å². The normalized spacial score (nSPS) is 21.0. The van der Waals surface area contributed by atoms with Gasteiger partial charge >= 0.3 is 5.97 Å². The summed E-state index contributed by atoms with van der Waals surface area (Å²) in [4.78, 5) is 25.0. The molecule has 0 saturated carbocycles. The Bertz CT molecular complexity index is 679. The standard InChI is InChI=1S/C18H19F2NO3/c1-3-4-17(22)21-15(7-11(2)18(23)24)5-6-16(21)12-8-13(19)10-14(20)9-12/h3,7-10,15-16H,1,4-6H2,2H3,(H,23,24)/b11-7+/t15-,16+/m1/s1. The van der Waals surface area contributed by atoms with E-state index in [0.717, 1.165) is 6.07 Å². The summed E-state index contributed by atoms with van der Waals surface area (Å²) in [5.74, 6) is -2.73. The van der Waals surface area contributed by atoms with E-state index in [-0.39, 0.29) is 17.9 Å². The second-order valence-electron chi connectivity index (χ2n) is 5.81. The van der Waals surface area contributed by atoms with E-state index in [2.05, 4.69) is 6.58 Å². The zero-order valence-corrected chi connectivity index (χ0v) is 13.3. The van der Waals surface area contributed by atoms with Gasteiger partial charge in [-0.25, -0.2) is 13.6 Å². The number of carbonyl (C=O) groups is 2. The fourth-order valence-electron chi connectivity index (χ4n) is 3.04. The van der Waals surface area contributed by atoms with E-state index >= 15 is 0 Å². The van der Waals surface area contributed by atoms with Crippen LogP contribution < -0.4 is 0 Å². The minimum absolute atomic E-state index is 0.0742. The van der Waals surface area contributed by atoms with Crippen LogP contribution in [-0.4, -0.2) is 27.9 Å². The van der Waals surface area contributed by atoms with E-state index < -0.39 is 29.7 Å². The molecule has 1 heterocycles.